The number of carbonyl (C=O) groups is 1. The predicted molar refractivity (Wildman–Crippen MR) is 119 cm³/mol. The van der Waals surface area contributed by atoms with Gasteiger partial charge in [-0.2, -0.15) is 0 Å². The molecule has 27 heavy (non-hydrogen) atoms. The number of nitrogens with one attached hydrogen (secondary N) is 2. The molecule has 0 saturated heterocycles. The Balaban J connectivity index is 1.95. The number of halogens is 3. The van der Waals surface area contributed by atoms with E-state index in [9.17, 15) is 4.79 Å². The van der Waals surface area contributed by atoms with Crippen LogP contribution in [-0.2, 0) is 4.79 Å². The average Bonchev–Trinajstić information content (AvgIpc) is 2.58. The Hall–Kier alpha value is -1.34. The van der Waals surface area contributed by atoms with Crippen molar-refractivity contribution in [1.29, 1.82) is 0 Å². The van der Waals surface area contributed by atoms with Gasteiger partial charge in [0.15, 0.2) is 11.7 Å². The van der Waals surface area contributed by atoms with Crippen LogP contribution in [0.3, 0.4) is 0 Å². The smallest absolute Gasteiger partial charge is 0.264 e. The van der Waals surface area contributed by atoms with Crippen LogP contribution in [0.1, 0.15) is 30.9 Å². The van der Waals surface area contributed by atoms with E-state index >= 15 is 0 Å². The van der Waals surface area contributed by atoms with Crippen molar-refractivity contribution < 1.29 is 9.53 Å². The van der Waals surface area contributed by atoms with Crippen LogP contribution in [0.2, 0.25) is 10.0 Å². The summed E-state index contributed by atoms with van der Waals surface area (Å²) in [5.41, 5.74) is 2.68. The van der Waals surface area contributed by atoms with Crippen molar-refractivity contribution in [3.05, 3.63) is 56.0 Å². The van der Waals surface area contributed by atoms with E-state index in [4.69, 9.17) is 40.2 Å². The molecular formula is C19H19BrCl2N2O2S. The molecule has 2 aromatic rings. The van der Waals surface area contributed by atoms with Gasteiger partial charge in [-0.05, 0) is 66.5 Å². The highest BCUT2D eigenvalue weighted by Crippen LogP contribution is 2.32. The molecule has 0 bridgehead atoms. The Kier molecular flexibility index (Phi) is 7.91. The summed E-state index contributed by atoms with van der Waals surface area (Å²) in [6, 6.07) is 8.91. The van der Waals surface area contributed by atoms with E-state index in [1.165, 1.54) is 0 Å². The van der Waals surface area contributed by atoms with Gasteiger partial charge in [-0.1, -0.05) is 53.0 Å². The largest absolute Gasteiger partial charge is 0.483 e. The maximum Gasteiger partial charge on any atom is 0.264 e. The van der Waals surface area contributed by atoms with Gasteiger partial charge >= 0.3 is 0 Å². The Morgan fingerprint density at radius 1 is 1.22 bits per heavy atom. The van der Waals surface area contributed by atoms with E-state index in [1.807, 2.05) is 19.1 Å². The number of thiocarbonyl (C=S) groups is 1. The molecule has 8 heteroatoms. The summed E-state index contributed by atoms with van der Waals surface area (Å²) in [6.07, 6.45) is 0. The zero-order valence-electron chi connectivity index (χ0n) is 15.0. The molecule has 0 aromatic heterocycles. The predicted octanol–water partition coefficient (Wildman–Crippen LogP) is 6.08. The number of carbonyl (C=O) groups excluding carboxylic acids is 1. The molecule has 2 rings (SSSR count). The maximum atomic E-state index is 12.2. The molecule has 0 aliphatic carbocycles. The van der Waals surface area contributed by atoms with Gasteiger partial charge < -0.3 is 10.1 Å². The van der Waals surface area contributed by atoms with Gasteiger partial charge in [0.25, 0.3) is 5.91 Å². The van der Waals surface area contributed by atoms with Crippen LogP contribution in [0.4, 0.5) is 5.69 Å². The minimum Gasteiger partial charge on any atom is -0.483 e. The molecule has 0 unspecified atom stereocenters. The van der Waals surface area contributed by atoms with Crippen molar-refractivity contribution in [2.75, 3.05) is 11.9 Å². The second-order valence-corrected chi connectivity index (χ2v) is 8.29. The number of aryl methyl sites for hydroxylation is 1. The lowest BCUT2D eigenvalue weighted by molar-refractivity contribution is -0.121. The number of benzene rings is 2. The van der Waals surface area contributed by atoms with Gasteiger partial charge in [0.05, 0.1) is 10.0 Å². The Labute approximate surface area is 182 Å². The van der Waals surface area contributed by atoms with E-state index < -0.39 is 0 Å². The fraction of sp³-hybridized carbons (Fsp3) is 0.263. The normalized spacial score (nSPS) is 10.6. The highest BCUT2D eigenvalue weighted by Gasteiger charge is 2.13. The monoisotopic (exact) mass is 488 g/mol. The summed E-state index contributed by atoms with van der Waals surface area (Å²) in [6.45, 7) is 5.96. The molecule has 0 heterocycles. The molecule has 0 aliphatic heterocycles. The lowest BCUT2D eigenvalue weighted by Gasteiger charge is -2.16. The summed E-state index contributed by atoms with van der Waals surface area (Å²) in [4.78, 5) is 12.2. The second kappa shape index (κ2) is 9.73. The summed E-state index contributed by atoms with van der Waals surface area (Å²) >= 11 is 20.5. The van der Waals surface area contributed by atoms with Crippen molar-refractivity contribution in [2.45, 2.75) is 26.7 Å². The standard InChI is InChI=1S/C19H19BrCl2N2O2S/c1-10(2)13-8-14(20)11(3)6-17(13)26-9-18(25)24-19(27)23-12-4-5-15(21)16(22)7-12/h4-8,10H,9H2,1-3H3,(H2,23,24,25,27). The van der Waals surface area contributed by atoms with Crippen molar-refractivity contribution in [1.82, 2.24) is 5.32 Å². The SMILES string of the molecule is Cc1cc(OCC(=O)NC(=S)Nc2ccc(Cl)c(Cl)c2)c(C(C)C)cc1Br. The van der Waals surface area contributed by atoms with Crippen LogP contribution in [0.15, 0.2) is 34.8 Å². The molecule has 0 spiro atoms. The van der Waals surface area contributed by atoms with Gasteiger partial charge in [-0.15, -0.1) is 0 Å². The molecule has 0 atom stereocenters. The lowest BCUT2D eigenvalue weighted by atomic mass is 10.0. The van der Waals surface area contributed by atoms with Gasteiger partial charge in [0.2, 0.25) is 0 Å². The molecule has 0 radical (unpaired) electrons. The molecule has 0 saturated carbocycles. The first-order valence-electron chi connectivity index (χ1n) is 8.16. The van der Waals surface area contributed by atoms with Crippen molar-refractivity contribution in [3.8, 4) is 5.75 Å². The summed E-state index contributed by atoms with van der Waals surface area (Å²) in [5, 5.41) is 6.44. The molecule has 2 N–H and O–H groups in total. The molecule has 4 nitrogen and oxygen atoms in total. The Morgan fingerprint density at radius 2 is 1.93 bits per heavy atom. The summed E-state index contributed by atoms with van der Waals surface area (Å²) < 4.78 is 6.73. The van der Waals surface area contributed by atoms with Crippen LogP contribution in [0, 0.1) is 6.92 Å². The first-order valence-corrected chi connectivity index (χ1v) is 10.1. The van der Waals surface area contributed by atoms with Crippen molar-refractivity contribution in [2.24, 2.45) is 0 Å². The number of rotatable bonds is 5. The number of amides is 1. The highest BCUT2D eigenvalue weighted by atomic mass is 79.9. The molecule has 0 aliphatic rings. The number of hydrogen-bond donors (Lipinski definition) is 2. The number of anilines is 1. The van der Waals surface area contributed by atoms with Gasteiger partial charge in [-0.25, -0.2) is 0 Å². The Morgan fingerprint density at radius 3 is 2.56 bits per heavy atom. The zero-order valence-corrected chi connectivity index (χ0v) is 18.9. The Bertz CT molecular complexity index is 875. The van der Waals surface area contributed by atoms with Crippen LogP contribution < -0.4 is 15.4 Å². The van der Waals surface area contributed by atoms with Crippen LogP contribution in [0.25, 0.3) is 0 Å². The third kappa shape index (κ3) is 6.35. The molecule has 144 valence electrons. The van der Waals surface area contributed by atoms with E-state index in [-0.39, 0.29) is 23.5 Å². The van der Waals surface area contributed by atoms with E-state index in [2.05, 4.69) is 40.4 Å². The van der Waals surface area contributed by atoms with Crippen molar-refractivity contribution >= 4 is 68.1 Å². The maximum absolute atomic E-state index is 12.2. The van der Waals surface area contributed by atoms with Crippen LogP contribution in [0.5, 0.6) is 5.75 Å². The van der Waals surface area contributed by atoms with Crippen LogP contribution >= 0.6 is 51.3 Å². The third-order valence-corrected chi connectivity index (χ3v) is 5.50. The topological polar surface area (TPSA) is 50.4 Å². The molecule has 1 amide bonds. The molecular weight excluding hydrogens is 471 g/mol. The minimum absolute atomic E-state index is 0.149. The summed E-state index contributed by atoms with van der Waals surface area (Å²) in [7, 11) is 0. The quantitative estimate of drug-likeness (QED) is 0.499. The first kappa shape index (κ1) is 22.0. The highest BCUT2D eigenvalue weighted by molar-refractivity contribution is 9.10. The zero-order chi connectivity index (χ0) is 20.1. The fourth-order valence-corrected chi connectivity index (χ4v) is 3.18. The first-order chi connectivity index (χ1) is 12.7. The average molecular weight is 490 g/mol. The molecule has 0 fully saturated rings. The van der Waals surface area contributed by atoms with Gasteiger partial charge in [0, 0.05) is 10.2 Å². The van der Waals surface area contributed by atoms with E-state index in [0.29, 0.717) is 21.5 Å². The second-order valence-electron chi connectivity index (χ2n) is 6.21. The van der Waals surface area contributed by atoms with E-state index in [1.54, 1.807) is 18.2 Å². The van der Waals surface area contributed by atoms with Gasteiger partial charge in [0.1, 0.15) is 5.75 Å². The van der Waals surface area contributed by atoms with Crippen molar-refractivity contribution in [3.63, 3.8) is 0 Å². The number of ether oxygens (including phenoxy) is 1. The minimum atomic E-state index is -0.358. The summed E-state index contributed by atoms with van der Waals surface area (Å²) in [5.74, 6) is 0.587. The number of hydrogen-bond acceptors (Lipinski definition) is 3. The molecule has 2 aromatic carbocycles. The van der Waals surface area contributed by atoms with Gasteiger partial charge in [-0.3, -0.25) is 10.1 Å². The third-order valence-electron chi connectivity index (χ3n) is 3.70. The van der Waals surface area contributed by atoms with Crippen LogP contribution in [-0.4, -0.2) is 17.6 Å². The van der Waals surface area contributed by atoms with E-state index in [0.717, 1.165) is 15.6 Å². The fourth-order valence-electron chi connectivity index (χ4n) is 2.29. The lowest BCUT2D eigenvalue weighted by Crippen LogP contribution is -2.37.